The van der Waals surface area contributed by atoms with Gasteiger partial charge in [-0.25, -0.2) is 19.2 Å². The van der Waals surface area contributed by atoms with Crippen molar-refractivity contribution >= 4 is 40.2 Å². The Bertz CT molecular complexity index is 1650. The first-order valence-corrected chi connectivity index (χ1v) is 13.7. The SMILES string of the molecule is CCc1cc(F)cc(C)c1C(=O)NC(Cc1ccc(-c2ncc(CNc3nc4ccccc4[nH]3)s2)cc1)C(=O)O. The average Bonchev–Trinajstić information content (AvgIpc) is 3.58. The highest BCUT2D eigenvalue weighted by Crippen LogP contribution is 2.26. The Kier molecular flexibility index (Phi) is 7.88. The van der Waals surface area contributed by atoms with Crippen molar-refractivity contribution in [2.45, 2.75) is 39.3 Å². The molecule has 0 aliphatic heterocycles. The molecule has 10 heteroatoms. The summed E-state index contributed by atoms with van der Waals surface area (Å²) in [5.41, 5.74) is 4.87. The largest absolute Gasteiger partial charge is 0.480 e. The molecule has 8 nitrogen and oxygen atoms in total. The molecular formula is C30H28FN5O3S. The summed E-state index contributed by atoms with van der Waals surface area (Å²) < 4.78 is 13.8. The van der Waals surface area contributed by atoms with Crippen LogP contribution in [0.2, 0.25) is 0 Å². The van der Waals surface area contributed by atoms with Gasteiger partial charge in [-0.15, -0.1) is 11.3 Å². The molecule has 5 aromatic rings. The smallest absolute Gasteiger partial charge is 0.326 e. The number of hydrogen-bond acceptors (Lipinski definition) is 6. The van der Waals surface area contributed by atoms with Gasteiger partial charge in [-0.05, 0) is 54.3 Å². The number of carboxylic acid groups (broad SMARTS) is 1. The summed E-state index contributed by atoms with van der Waals surface area (Å²) in [7, 11) is 0. The zero-order chi connectivity index (χ0) is 28.2. The van der Waals surface area contributed by atoms with Gasteiger partial charge in [0.15, 0.2) is 0 Å². The zero-order valence-electron chi connectivity index (χ0n) is 22.0. The molecule has 1 atom stereocenters. The Morgan fingerprint density at radius 3 is 2.62 bits per heavy atom. The standard InChI is InChI=1S/C30H28FN5O3S/c1-3-19-14-21(31)12-17(2)26(19)27(37)34-25(29(38)39)13-18-8-10-20(11-9-18)28-32-15-22(40-28)16-33-30-35-23-6-4-5-7-24(23)36-30/h4-12,14-15,25H,3,13,16H2,1-2H3,(H,34,37)(H,38,39)(H2,33,35,36). The molecule has 204 valence electrons. The zero-order valence-corrected chi connectivity index (χ0v) is 22.8. The molecule has 2 heterocycles. The Hall–Kier alpha value is -4.57. The molecule has 1 unspecified atom stereocenters. The number of carbonyl (C=O) groups is 2. The summed E-state index contributed by atoms with van der Waals surface area (Å²) in [5.74, 6) is -1.39. The summed E-state index contributed by atoms with van der Waals surface area (Å²) in [6, 6.07) is 16.8. The Morgan fingerprint density at radius 2 is 1.90 bits per heavy atom. The number of amides is 1. The first-order chi connectivity index (χ1) is 19.3. The van der Waals surface area contributed by atoms with E-state index in [1.54, 1.807) is 18.3 Å². The monoisotopic (exact) mass is 557 g/mol. The van der Waals surface area contributed by atoms with Crippen LogP contribution in [0.3, 0.4) is 0 Å². The number of imidazole rings is 1. The van der Waals surface area contributed by atoms with Crippen molar-refractivity contribution in [3.63, 3.8) is 0 Å². The van der Waals surface area contributed by atoms with Crippen molar-refractivity contribution in [2.24, 2.45) is 0 Å². The van der Waals surface area contributed by atoms with Gasteiger partial charge in [0.1, 0.15) is 16.9 Å². The highest BCUT2D eigenvalue weighted by atomic mass is 32.1. The van der Waals surface area contributed by atoms with E-state index < -0.39 is 23.7 Å². The molecule has 3 aromatic carbocycles. The molecule has 0 saturated carbocycles. The van der Waals surface area contributed by atoms with Gasteiger partial charge in [-0.1, -0.05) is 43.3 Å². The molecule has 0 bridgehead atoms. The third-order valence-electron chi connectivity index (χ3n) is 6.61. The summed E-state index contributed by atoms with van der Waals surface area (Å²) in [6.45, 7) is 4.04. The maximum atomic E-state index is 13.8. The minimum Gasteiger partial charge on any atom is -0.480 e. The van der Waals surface area contributed by atoms with Crippen molar-refractivity contribution in [1.82, 2.24) is 20.3 Å². The van der Waals surface area contributed by atoms with Crippen LogP contribution < -0.4 is 10.6 Å². The molecule has 0 spiro atoms. The number of para-hydroxylation sites is 2. The Morgan fingerprint density at radius 1 is 1.12 bits per heavy atom. The van der Waals surface area contributed by atoms with E-state index in [0.29, 0.717) is 35.6 Å². The number of thiazole rings is 1. The van der Waals surface area contributed by atoms with E-state index in [9.17, 15) is 19.1 Å². The maximum Gasteiger partial charge on any atom is 0.326 e. The van der Waals surface area contributed by atoms with Crippen LogP contribution in [0, 0.1) is 12.7 Å². The minimum atomic E-state index is -1.14. The quantitative estimate of drug-likeness (QED) is 0.174. The normalized spacial score (nSPS) is 11.9. The van der Waals surface area contributed by atoms with E-state index in [1.807, 2.05) is 61.7 Å². The number of aliphatic carboxylic acids is 1. The number of hydrogen-bond donors (Lipinski definition) is 4. The predicted octanol–water partition coefficient (Wildman–Crippen LogP) is 5.73. The fourth-order valence-electron chi connectivity index (χ4n) is 4.60. The third-order valence-corrected chi connectivity index (χ3v) is 7.65. The fraction of sp³-hybridized carbons (Fsp3) is 0.200. The fourth-order valence-corrected chi connectivity index (χ4v) is 5.45. The topological polar surface area (TPSA) is 120 Å². The molecular weight excluding hydrogens is 529 g/mol. The molecule has 0 saturated heterocycles. The second kappa shape index (κ2) is 11.7. The van der Waals surface area contributed by atoms with Crippen molar-refractivity contribution in [3.8, 4) is 10.6 Å². The summed E-state index contributed by atoms with van der Waals surface area (Å²) in [5, 5.41) is 16.5. The number of nitrogens with zero attached hydrogens (tertiary/aromatic N) is 2. The van der Waals surface area contributed by atoms with E-state index in [-0.39, 0.29) is 6.42 Å². The molecule has 0 radical (unpaired) electrons. The molecule has 5 rings (SSSR count). The van der Waals surface area contributed by atoms with Crippen LogP contribution in [0.1, 0.15) is 38.8 Å². The molecule has 0 aliphatic carbocycles. The van der Waals surface area contributed by atoms with Crippen molar-refractivity contribution in [2.75, 3.05) is 5.32 Å². The molecule has 2 aromatic heterocycles. The number of benzene rings is 3. The number of carbonyl (C=O) groups excluding carboxylic acids is 1. The lowest BCUT2D eigenvalue weighted by molar-refractivity contribution is -0.139. The number of aromatic amines is 1. The van der Waals surface area contributed by atoms with Gasteiger partial charge in [-0.2, -0.15) is 0 Å². The number of halogens is 1. The molecule has 4 N–H and O–H groups in total. The van der Waals surface area contributed by atoms with Crippen LogP contribution in [0.4, 0.5) is 10.3 Å². The van der Waals surface area contributed by atoms with Crippen LogP contribution in [0.25, 0.3) is 21.6 Å². The van der Waals surface area contributed by atoms with Crippen molar-refractivity contribution in [3.05, 3.63) is 99.8 Å². The second-order valence-electron chi connectivity index (χ2n) is 9.46. The number of aromatic nitrogens is 3. The van der Waals surface area contributed by atoms with Crippen LogP contribution in [0.15, 0.2) is 66.9 Å². The molecule has 0 aliphatic rings. The van der Waals surface area contributed by atoms with E-state index in [2.05, 4.69) is 25.6 Å². The first-order valence-electron chi connectivity index (χ1n) is 12.9. The predicted molar refractivity (Wildman–Crippen MR) is 154 cm³/mol. The van der Waals surface area contributed by atoms with Gasteiger partial charge in [0.05, 0.1) is 17.6 Å². The van der Waals surface area contributed by atoms with Crippen LogP contribution in [-0.4, -0.2) is 38.0 Å². The number of H-pyrrole nitrogens is 1. The average molecular weight is 558 g/mol. The number of aryl methyl sites for hydroxylation is 2. The molecule has 40 heavy (non-hydrogen) atoms. The first kappa shape index (κ1) is 27.0. The summed E-state index contributed by atoms with van der Waals surface area (Å²) >= 11 is 1.56. The Labute approximate surface area is 234 Å². The lowest BCUT2D eigenvalue weighted by Crippen LogP contribution is -2.42. The molecule has 0 fully saturated rings. The lowest BCUT2D eigenvalue weighted by Gasteiger charge is -2.17. The van der Waals surface area contributed by atoms with E-state index in [4.69, 9.17) is 0 Å². The number of anilines is 1. The summed E-state index contributed by atoms with van der Waals surface area (Å²) in [6.07, 6.45) is 2.38. The van der Waals surface area contributed by atoms with Crippen LogP contribution in [0.5, 0.6) is 0 Å². The van der Waals surface area contributed by atoms with Gasteiger partial charge in [0.2, 0.25) is 5.95 Å². The van der Waals surface area contributed by atoms with Crippen LogP contribution >= 0.6 is 11.3 Å². The highest BCUT2D eigenvalue weighted by molar-refractivity contribution is 7.15. The van der Waals surface area contributed by atoms with Gasteiger partial charge in [0, 0.05) is 28.6 Å². The van der Waals surface area contributed by atoms with Gasteiger partial charge >= 0.3 is 5.97 Å². The highest BCUT2D eigenvalue weighted by Gasteiger charge is 2.24. The van der Waals surface area contributed by atoms with E-state index in [0.717, 1.165) is 32.0 Å². The number of fused-ring (bicyclic) bond motifs is 1. The second-order valence-corrected chi connectivity index (χ2v) is 10.6. The third kappa shape index (κ3) is 6.02. The number of rotatable bonds is 10. The molecule has 1 amide bonds. The van der Waals surface area contributed by atoms with Crippen LogP contribution in [-0.2, 0) is 24.2 Å². The maximum absolute atomic E-state index is 13.8. The van der Waals surface area contributed by atoms with E-state index in [1.165, 1.54) is 12.1 Å². The number of carboxylic acids is 1. The van der Waals surface area contributed by atoms with E-state index >= 15 is 0 Å². The van der Waals surface area contributed by atoms with Gasteiger partial charge in [0.25, 0.3) is 5.91 Å². The van der Waals surface area contributed by atoms with Gasteiger partial charge in [-0.3, -0.25) is 4.79 Å². The van der Waals surface area contributed by atoms with Crippen molar-refractivity contribution < 1.29 is 19.1 Å². The van der Waals surface area contributed by atoms with Gasteiger partial charge < -0.3 is 20.7 Å². The minimum absolute atomic E-state index is 0.105. The Balaban J connectivity index is 1.22. The summed E-state index contributed by atoms with van der Waals surface area (Å²) in [4.78, 5) is 38.3. The van der Waals surface area contributed by atoms with Crippen molar-refractivity contribution in [1.29, 1.82) is 0 Å². The number of nitrogens with one attached hydrogen (secondary N) is 3. The lowest BCUT2D eigenvalue weighted by atomic mass is 9.98.